The number of imide groups is 1. The molecule has 2 unspecified atom stereocenters. The Morgan fingerprint density at radius 1 is 0.659 bits per heavy atom. The Morgan fingerprint density at radius 2 is 1.12 bits per heavy atom. The Kier molecular flexibility index (Phi) is 73.1. The minimum atomic E-state index is -1.00. The topological polar surface area (TPSA) is 471 Å². The molecular weight excluding hydrogens is 1210 g/mol. The molecule has 3 heterocycles. The zero-order valence-corrected chi connectivity index (χ0v) is 53.0. The van der Waals surface area contributed by atoms with Crippen molar-refractivity contribution in [2.24, 2.45) is 5.73 Å². The number of carbonyl (C=O) groups excluding carboxylic acids is 11. The summed E-state index contributed by atoms with van der Waals surface area (Å²) < 4.78 is 31.7. The van der Waals surface area contributed by atoms with Gasteiger partial charge < -0.3 is 90.2 Å². The Hall–Kier alpha value is -9.50. The monoisotopic (exact) mass is 1300 g/mol. The van der Waals surface area contributed by atoms with Gasteiger partial charge in [0.1, 0.15) is 38.6 Å². The second-order valence-corrected chi connectivity index (χ2v) is 16.8. The van der Waals surface area contributed by atoms with Crippen LogP contribution in [0.3, 0.4) is 0 Å². The van der Waals surface area contributed by atoms with E-state index in [-0.39, 0.29) is 100 Å². The molecule has 0 aromatic rings. The largest absolute Gasteiger partial charge is 0.478 e. The number of aliphatic hydroxyl groups excluding tert-OH is 6. The zero-order chi connectivity index (χ0) is 72.5. The molecule has 516 valence electrons. The fourth-order valence-corrected chi connectivity index (χ4v) is 3.71. The number of carboxylic acids is 1. The van der Waals surface area contributed by atoms with E-state index in [9.17, 15) is 57.5 Å². The summed E-state index contributed by atoms with van der Waals surface area (Å²) in [5.74, 6) is -4.37. The van der Waals surface area contributed by atoms with Gasteiger partial charge in [-0.3, -0.25) is 28.9 Å². The summed E-state index contributed by atoms with van der Waals surface area (Å²) in [6.07, 6.45) is 8.08. The van der Waals surface area contributed by atoms with Crippen LogP contribution in [0.2, 0.25) is 0 Å². The molecule has 2 atom stereocenters. The number of nitrogens with zero attached hydrogens (tertiary/aromatic N) is 2. The number of urea groups is 1. The van der Waals surface area contributed by atoms with Gasteiger partial charge in [0, 0.05) is 92.6 Å². The quantitative estimate of drug-likeness (QED) is 0.0152. The van der Waals surface area contributed by atoms with E-state index in [2.05, 4.69) is 112 Å². The molecule has 0 spiro atoms. The lowest BCUT2D eigenvalue weighted by molar-refractivity contribution is -0.143. The van der Waals surface area contributed by atoms with Gasteiger partial charge in [-0.1, -0.05) is 72.4 Å². The number of nitrogens with two attached hydrogens (primary N) is 1. The molecule has 0 bridgehead atoms. The number of ether oxygens (including phenoxy) is 7. The average Bonchev–Trinajstić information content (AvgIpc) is 3.92. The fraction of sp³-hybridized carbons (Fsp3) is 0.433. The Balaban J connectivity index is -0.000000140. The van der Waals surface area contributed by atoms with Gasteiger partial charge in [0.25, 0.3) is 5.91 Å². The summed E-state index contributed by atoms with van der Waals surface area (Å²) in [7, 11) is 0. The van der Waals surface area contributed by atoms with E-state index >= 15 is 0 Å². The smallest absolute Gasteiger partial charge is 0.333 e. The number of hydrogen-bond acceptors (Lipinski definition) is 25. The van der Waals surface area contributed by atoms with Crippen LogP contribution in [0.5, 0.6) is 0 Å². The summed E-state index contributed by atoms with van der Waals surface area (Å²) in [5.41, 5.74) is 6.44. The molecule has 31 heteroatoms. The third-order valence-corrected chi connectivity index (χ3v) is 8.21. The number of rotatable bonds is 25. The van der Waals surface area contributed by atoms with Crippen LogP contribution < -0.4 is 16.4 Å². The van der Waals surface area contributed by atoms with Crippen molar-refractivity contribution in [1.29, 1.82) is 0 Å². The number of nitrogens with one attached hydrogen (secondary N) is 2. The average molecular weight is 1300 g/mol. The molecule has 3 aliphatic rings. The summed E-state index contributed by atoms with van der Waals surface area (Å²) in [4.78, 5) is 127. The van der Waals surface area contributed by atoms with Crippen LogP contribution in [-0.4, -0.2) is 228 Å². The highest BCUT2D eigenvalue weighted by Crippen LogP contribution is 2.09. The Morgan fingerprint density at radius 3 is 1.41 bits per heavy atom. The van der Waals surface area contributed by atoms with E-state index in [1.54, 1.807) is 38.8 Å². The van der Waals surface area contributed by atoms with E-state index in [0.717, 1.165) is 48.4 Å². The van der Waals surface area contributed by atoms with Gasteiger partial charge in [0.05, 0.1) is 45.9 Å². The molecular formula is C60H95N5O26. The van der Waals surface area contributed by atoms with Crippen LogP contribution in [0.4, 0.5) is 4.79 Å². The van der Waals surface area contributed by atoms with Crippen LogP contribution in [0, 0.1) is 0 Å². The first-order valence-corrected chi connectivity index (χ1v) is 26.6. The van der Waals surface area contributed by atoms with Crippen molar-refractivity contribution in [2.75, 3.05) is 98.9 Å². The summed E-state index contributed by atoms with van der Waals surface area (Å²) in [5, 5.41) is 62.5. The minimum Gasteiger partial charge on any atom is -0.478 e. The normalized spacial score (nSPS) is 12.0. The number of amides is 6. The maximum Gasteiger partial charge on any atom is 0.333 e. The third-order valence-electron chi connectivity index (χ3n) is 8.21. The van der Waals surface area contributed by atoms with Gasteiger partial charge >= 0.3 is 47.8 Å². The lowest BCUT2D eigenvalue weighted by atomic mass is 10.3. The predicted octanol–water partition coefficient (Wildman–Crippen LogP) is 1.01. The van der Waals surface area contributed by atoms with Gasteiger partial charge in [-0.2, -0.15) is 0 Å². The highest BCUT2D eigenvalue weighted by atomic mass is 16.6. The first-order valence-electron chi connectivity index (χ1n) is 26.6. The molecule has 0 aromatic carbocycles. The number of epoxide rings is 1. The number of aliphatic carboxylic acids is 1. The van der Waals surface area contributed by atoms with E-state index in [1.807, 2.05) is 0 Å². The predicted molar refractivity (Wildman–Crippen MR) is 334 cm³/mol. The molecule has 31 nitrogen and oxygen atoms in total. The number of carboxylic acid groups (broad SMARTS) is 1. The third kappa shape index (κ3) is 78.5. The minimum absolute atomic E-state index is 0.0288. The van der Waals surface area contributed by atoms with Gasteiger partial charge in [-0.15, -0.1) is 0 Å². The SMILES string of the molecule is C=C(C)C(=O)NCCO.C=C(C)C(=O)OCC(O)CO.C=C(C)C(=O)OCC1CO1.C=C(C)C(=O)OCCCO.C=C(C)C(=O)OCCO.C=CC(=O)N1CCNC1=O.C=CC(=O)O.C=CC(=O)OCCO.C=CC(N)=O.C=CN1CCCC1=O.C=COC(C)=O. The van der Waals surface area contributed by atoms with Gasteiger partial charge in [0.2, 0.25) is 17.7 Å². The molecule has 6 amide bonds. The standard InChI is InChI=1S/C7H12O4.C7H10O3.C7H12O3.C6H8N2O2.C6H11NO2.C6H9NO.C6H10O3.C5H8O3.C4H6O2.C3H5NO.C3H4O2/c1-5(2)7(10)11-4-6(9)3-8;1-5(2)7(8)10-4-6-3-9-6;1-6(2)7(9)10-5-3-4-8;1-2-5(9)8-4-3-7-6(8)10;1-5(2)6(9)7-3-4-8;1-2-7-5-3-4-6(7)8;1-5(2)6(8)9-4-3-7;1-2-5(7)8-4-3-6;1-3-6-4(2)5;2*1-2-3(4)5/h6,8-9H,1,3-4H2,2H3;6H,1,3-4H2,2H3;8H,1,3-5H2,2H3;2H,1,3-4H2,(H,7,10);8H,1,3-4H2,2H3,(H,7,9);2H,1,3-5H2;7H,1,3-4H2,2H3;2,6H,1,3-4H2;3H,1H2,2H3;2H,1H2,(H2,4,5);2H,1H2,(H,4,5). The Bertz CT molecular complexity index is 2300. The van der Waals surface area contributed by atoms with Crippen LogP contribution in [0.15, 0.2) is 137 Å². The molecule has 0 radical (unpaired) electrons. The number of likely N-dealkylation sites (tertiary alicyclic amines) is 1. The van der Waals surface area contributed by atoms with E-state index < -0.39 is 48.5 Å². The first-order chi connectivity index (χ1) is 42.5. The van der Waals surface area contributed by atoms with Crippen molar-refractivity contribution in [3.63, 3.8) is 0 Å². The lowest BCUT2D eigenvalue weighted by Gasteiger charge is -2.07. The number of aliphatic hydroxyl groups is 6. The lowest BCUT2D eigenvalue weighted by Crippen LogP contribution is -2.32. The highest BCUT2D eigenvalue weighted by molar-refractivity contribution is 6.01. The molecule has 91 heavy (non-hydrogen) atoms. The van der Waals surface area contributed by atoms with Gasteiger partial charge in [-0.25, -0.2) is 33.6 Å². The van der Waals surface area contributed by atoms with Crippen molar-refractivity contribution < 1.29 is 126 Å². The fourth-order valence-electron chi connectivity index (χ4n) is 3.71. The van der Waals surface area contributed by atoms with Crippen LogP contribution in [-0.2, 0) is 85.9 Å². The van der Waals surface area contributed by atoms with Gasteiger partial charge in [-0.05, 0) is 59.4 Å². The van der Waals surface area contributed by atoms with E-state index in [1.165, 1.54) is 13.8 Å². The molecule has 3 fully saturated rings. The van der Waals surface area contributed by atoms with Crippen molar-refractivity contribution in [3.8, 4) is 0 Å². The molecule has 3 aliphatic heterocycles. The first kappa shape index (κ1) is 97.8. The second kappa shape index (κ2) is 68.0. The number of primary amides is 1. The van der Waals surface area contributed by atoms with Crippen LogP contribution in [0.1, 0.15) is 60.8 Å². The highest BCUT2D eigenvalue weighted by Gasteiger charge is 2.24. The van der Waals surface area contributed by atoms with E-state index in [4.69, 9.17) is 45.2 Å². The zero-order valence-electron chi connectivity index (χ0n) is 53.0. The molecule has 0 aliphatic carbocycles. The molecule has 0 aromatic heterocycles. The molecule has 11 N–H and O–H groups in total. The molecule has 3 rings (SSSR count). The number of hydrogen-bond donors (Lipinski definition) is 10. The second-order valence-electron chi connectivity index (χ2n) is 16.8. The van der Waals surface area contributed by atoms with Crippen molar-refractivity contribution in [1.82, 2.24) is 20.4 Å². The summed E-state index contributed by atoms with van der Waals surface area (Å²) in [6, 6.07) is -0.329. The van der Waals surface area contributed by atoms with Crippen LogP contribution in [0.25, 0.3) is 0 Å². The molecule has 0 saturated carbocycles. The van der Waals surface area contributed by atoms with E-state index in [0.29, 0.717) is 68.0 Å². The van der Waals surface area contributed by atoms with Crippen molar-refractivity contribution in [3.05, 3.63) is 137 Å². The van der Waals surface area contributed by atoms with Crippen LogP contribution >= 0.6 is 0 Å². The van der Waals surface area contributed by atoms with Crippen molar-refractivity contribution >= 4 is 71.4 Å². The maximum absolute atomic E-state index is 10.8. The maximum atomic E-state index is 10.8. The number of esters is 6. The Labute approximate surface area is 531 Å². The van der Waals surface area contributed by atoms with Crippen molar-refractivity contribution in [2.45, 2.75) is 73.0 Å². The summed E-state index contributed by atoms with van der Waals surface area (Å²) >= 11 is 0. The van der Waals surface area contributed by atoms with Gasteiger partial charge in [0.15, 0.2) is 0 Å². The number of carbonyl (C=O) groups is 12. The molecule has 3 saturated heterocycles. The summed E-state index contributed by atoms with van der Waals surface area (Å²) in [6.45, 7) is 48.0.